The van der Waals surface area contributed by atoms with Crippen LogP contribution in [0, 0.1) is 11.3 Å². The van der Waals surface area contributed by atoms with Crippen LogP contribution in [-0.2, 0) is 28.3 Å². The van der Waals surface area contributed by atoms with Gasteiger partial charge < -0.3 is 29.4 Å². The second-order valence-corrected chi connectivity index (χ2v) is 8.52. The van der Waals surface area contributed by atoms with Gasteiger partial charge in [0, 0.05) is 63.5 Å². The number of rotatable bonds is 8. The number of aromatic nitrogens is 5. The minimum absolute atomic E-state index is 0.301. The Morgan fingerprint density at radius 1 is 1.24 bits per heavy atom. The average Bonchev–Trinajstić information content (AvgIpc) is 3.65. The number of nitrogens with zero attached hydrogens (tertiary/aromatic N) is 6. The van der Waals surface area contributed by atoms with Gasteiger partial charge in [-0.15, -0.1) is 0 Å². The number of pyridine rings is 2. The lowest BCUT2D eigenvalue weighted by molar-refractivity contribution is -0.0466. The number of fused-ring (bicyclic) bond motifs is 1. The van der Waals surface area contributed by atoms with E-state index < -0.39 is 6.29 Å². The summed E-state index contributed by atoms with van der Waals surface area (Å²) in [7, 11) is 5.30. The second-order valence-electron chi connectivity index (χ2n) is 8.52. The van der Waals surface area contributed by atoms with Gasteiger partial charge in [-0.25, -0.2) is 9.97 Å². The number of nitrogens with one attached hydrogen (secondary N) is 2. The number of carbonyl (C=O) groups is 1. The molecule has 0 aromatic carbocycles. The minimum atomic E-state index is -0.642. The molecular formula is C25H26N8O4. The summed E-state index contributed by atoms with van der Waals surface area (Å²) in [6.07, 6.45) is 6.15. The maximum Gasteiger partial charge on any atom is 0.260 e. The lowest BCUT2D eigenvalue weighted by Gasteiger charge is -2.14. The average molecular weight is 503 g/mol. The molecule has 1 aliphatic heterocycles. The quantitative estimate of drug-likeness (QED) is 0.348. The van der Waals surface area contributed by atoms with E-state index in [0.29, 0.717) is 60.2 Å². The normalized spacial score (nSPS) is 13.7. The highest BCUT2D eigenvalue weighted by Crippen LogP contribution is 2.35. The van der Waals surface area contributed by atoms with Crippen LogP contribution < -0.4 is 10.6 Å². The molecule has 4 aromatic rings. The number of anilines is 2. The summed E-state index contributed by atoms with van der Waals surface area (Å²) in [6, 6.07) is 5.68. The monoisotopic (exact) mass is 502 g/mol. The van der Waals surface area contributed by atoms with Crippen LogP contribution in [0.3, 0.4) is 0 Å². The minimum Gasteiger partial charge on any atom is -0.383 e. The van der Waals surface area contributed by atoms with Gasteiger partial charge in [0.25, 0.3) is 5.91 Å². The summed E-state index contributed by atoms with van der Waals surface area (Å²) >= 11 is 0. The fourth-order valence-corrected chi connectivity index (χ4v) is 4.19. The molecule has 2 N–H and O–H groups in total. The Balaban J connectivity index is 1.51. The molecule has 0 bridgehead atoms. The Labute approximate surface area is 212 Å². The highest BCUT2D eigenvalue weighted by atomic mass is 16.7. The lowest BCUT2D eigenvalue weighted by atomic mass is 10.1. The molecule has 0 unspecified atom stereocenters. The van der Waals surface area contributed by atoms with Crippen molar-refractivity contribution >= 4 is 28.4 Å². The highest BCUT2D eigenvalue weighted by Gasteiger charge is 2.27. The molecular weight excluding hydrogens is 476 g/mol. The Kier molecular flexibility index (Phi) is 6.82. The van der Waals surface area contributed by atoms with Crippen LogP contribution in [-0.4, -0.2) is 63.7 Å². The molecule has 37 heavy (non-hydrogen) atoms. The third-order valence-corrected chi connectivity index (χ3v) is 5.98. The third-order valence-electron chi connectivity index (χ3n) is 5.98. The van der Waals surface area contributed by atoms with Crippen molar-refractivity contribution in [1.82, 2.24) is 24.3 Å². The number of carbonyl (C=O) groups excluding carboxylic acids is 1. The van der Waals surface area contributed by atoms with Gasteiger partial charge in [-0.3, -0.25) is 9.48 Å². The number of aryl methyl sites for hydroxylation is 2. The van der Waals surface area contributed by atoms with Crippen LogP contribution >= 0.6 is 0 Å². The summed E-state index contributed by atoms with van der Waals surface area (Å²) in [5.41, 5.74) is 4.84. The van der Waals surface area contributed by atoms with E-state index in [1.54, 1.807) is 30.3 Å². The standard InChI is InChI=1S/C25H26N8O4/c1-32-14-18(24(34)30-21-9-19(27-4-5-35-3)15(10-26)11-28-21)22-20(32)8-17(16-12-29-33(2)13-16)23(31-22)25-36-6-7-37-25/h8-9,11-14,25H,4-7H2,1-3H3,(H2,27,28,30,34). The van der Waals surface area contributed by atoms with E-state index in [2.05, 4.69) is 26.8 Å². The number of ether oxygens (including phenoxy) is 3. The summed E-state index contributed by atoms with van der Waals surface area (Å²) in [5.74, 6) is -0.0814. The van der Waals surface area contributed by atoms with Crippen molar-refractivity contribution in [3.05, 3.63) is 53.7 Å². The number of nitriles is 1. The number of hydrogen-bond acceptors (Lipinski definition) is 9. The SMILES string of the molecule is COCCNc1cc(NC(=O)c2cn(C)c3cc(-c4cnn(C)c4)c(C4OCCO4)nc23)ncc1C#N. The topological polar surface area (TPSA) is 141 Å². The zero-order valence-corrected chi connectivity index (χ0v) is 20.7. The highest BCUT2D eigenvalue weighted by molar-refractivity contribution is 6.12. The van der Waals surface area contributed by atoms with E-state index in [-0.39, 0.29) is 5.91 Å². The molecule has 5 rings (SSSR count). The molecule has 4 aromatic heterocycles. The van der Waals surface area contributed by atoms with E-state index in [4.69, 9.17) is 19.2 Å². The van der Waals surface area contributed by atoms with Crippen LogP contribution in [0.5, 0.6) is 0 Å². The molecule has 1 saturated heterocycles. The van der Waals surface area contributed by atoms with E-state index in [1.807, 2.05) is 30.9 Å². The van der Waals surface area contributed by atoms with Crippen LogP contribution in [0.1, 0.15) is 27.9 Å². The zero-order valence-electron chi connectivity index (χ0n) is 20.7. The summed E-state index contributed by atoms with van der Waals surface area (Å²) in [4.78, 5) is 22.5. The maximum absolute atomic E-state index is 13.4. The first-order valence-electron chi connectivity index (χ1n) is 11.6. The van der Waals surface area contributed by atoms with Crippen LogP contribution in [0.2, 0.25) is 0 Å². The van der Waals surface area contributed by atoms with Gasteiger partial charge in [0.05, 0.1) is 48.3 Å². The van der Waals surface area contributed by atoms with Gasteiger partial charge in [0.2, 0.25) is 6.29 Å². The van der Waals surface area contributed by atoms with Crippen molar-refractivity contribution in [2.45, 2.75) is 6.29 Å². The molecule has 1 aliphatic rings. The van der Waals surface area contributed by atoms with Gasteiger partial charge in [0.1, 0.15) is 23.1 Å². The van der Waals surface area contributed by atoms with Crippen LogP contribution in [0.15, 0.2) is 36.9 Å². The Hall–Kier alpha value is -4.31. The molecule has 0 saturated carbocycles. The van der Waals surface area contributed by atoms with Gasteiger partial charge in [0.15, 0.2) is 0 Å². The number of hydrogen-bond donors (Lipinski definition) is 2. The lowest BCUT2D eigenvalue weighted by Crippen LogP contribution is -2.15. The largest absolute Gasteiger partial charge is 0.383 e. The summed E-state index contributed by atoms with van der Waals surface area (Å²) in [5, 5.41) is 19.6. The van der Waals surface area contributed by atoms with Crippen molar-refractivity contribution in [1.29, 1.82) is 5.26 Å². The number of amides is 1. The molecule has 5 heterocycles. The second kappa shape index (κ2) is 10.4. The smallest absolute Gasteiger partial charge is 0.260 e. The van der Waals surface area contributed by atoms with Crippen LogP contribution in [0.4, 0.5) is 11.5 Å². The van der Waals surface area contributed by atoms with Crippen molar-refractivity contribution in [2.24, 2.45) is 14.1 Å². The first kappa shape index (κ1) is 24.4. The fourth-order valence-electron chi connectivity index (χ4n) is 4.19. The predicted molar refractivity (Wildman–Crippen MR) is 135 cm³/mol. The molecule has 1 amide bonds. The number of methoxy groups -OCH3 is 1. The summed E-state index contributed by atoms with van der Waals surface area (Å²) < 4.78 is 20.1. The molecule has 12 nitrogen and oxygen atoms in total. The Bertz CT molecular complexity index is 1500. The molecule has 12 heteroatoms. The van der Waals surface area contributed by atoms with Crippen molar-refractivity contribution in [3.8, 4) is 17.2 Å². The fraction of sp³-hybridized carbons (Fsp3) is 0.320. The molecule has 0 atom stereocenters. The van der Waals surface area contributed by atoms with Crippen molar-refractivity contribution in [3.63, 3.8) is 0 Å². The molecule has 0 spiro atoms. The molecule has 190 valence electrons. The maximum atomic E-state index is 13.4. The van der Waals surface area contributed by atoms with Gasteiger partial charge in [-0.05, 0) is 6.07 Å². The summed E-state index contributed by atoms with van der Waals surface area (Å²) in [6.45, 7) is 1.89. The Morgan fingerprint density at radius 2 is 2.05 bits per heavy atom. The first-order valence-corrected chi connectivity index (χ1v) is 11.6. The molecule has 1 fully saturated rings. The Morgan fingerprint density at radius 3 is 2.76 bits per heavy atom. The third kappa shape index (κ3) is 4.88. The van der Waals surface area contributed by atoms with Crippen molar-refractivity contribution in [2.75, 3.05) is 44.1 Å². The first-order chi connectivity index (χ1) is 18.0. The van der Waals surface area contributed by atoms with E-state index >= 15 is 0 Å². The predicted octanol–water partition coefficient (Wildman–Crippen LogP) is 2.60. The van der Waals surface area contributed by atoms with Gasteiger partial charge in [-0.2, -0.15) is 10.4 Å². The van der Waals surface area contributed by atoms with Crippen LogP contribution in [0.25, 0.3) is 22.2 Å². The molecule has 0 radical (unpaired) electrons. The van der Waals surface area contributed by atoms with E-state index in [9.17, 15) is 10.1 Å². The van der Waals surface area contributed by atoms with E-state index in [0.717, 1.165) is 16.6 Å². The molecule has 0 aliphatic carbocycles. The van der Waals surface area contributed by atoms with E-state index in [1.165, 1.54) is 6.20 Å². The van der Waals surface area contributed by atoms with Gasteiger partial charge in [-0.1, -0.05) is 0 Å². The zero-order chi connectivity index (χ0) is 25.9. The van der Waals surface area contributed by atoms with Crippen molar-refractivity contribution < 1.29 is 19.0 Å². The van der Waals surface area contributed by atoms with Gasteiger partial charge >= 0.3 is 0 Å².